The maximum atomic E-state index is 9.67. The second-order valence-electron chi connectivity index (χ2n) is 4.30. The van der Waals surface area contributed by atoms with Gasteiger partial charge in [-0.15, -0.1) is 0 Å². The fourth-order valence-electron chi connectivity index (χ4n) is 2.22. The molecule has 4 nitrogen and oxygen atoms in total. The molecular formula is C13H19NO3. The van der Waals surface area contributed by atoms with E-state index < -0.39 is 0 Å². The fourth-order valence-corrected chi connectivity index (χ4v) is 2.22. The van der Waals surface area contributed by atoms with Gasteiger partial charge in [-0.2, -0.15) is 0 Å². The molecule has 1 saturated heterocycles. The number of rotatable bonds is 3. The van der Waals surface area contributed by atoms with E-state index in [1.54, 1.807) is 14.2 Å². The zero-order valence-electron chi connectivity index (χ0n) is 10.3. The molecule has 1 aliphatic heterocycles. The van der Waals surface area contributed by atoms with Crippen LogP contribution in [0.4, 0.5) is 0 Å². The molecule has 0 bridgehead atoms. The van der Waals surface area contributed by atoms with Crippen molar-refractivity contribution in [3.8, 4) is 11.5 Å². The van der Waals surface area contributed by atoms with Crippen LogP contribution in [-0.2, 0) is 0 Å². The third kappa shape index (κ3) is 2.70. The van der Waals surface area contributed by atoms with E-state index in [-0.39, 0.29) is 12.1 Å². The second kappa shape index (κ2) is 5.38. The molecule has 2 N–H and O–H groups in total. The lowest BCUT2D eigenvalue weighted by Gasteiger charge is -2.28. The number of piperidine rings is 1. The van der Waals surface area contributed by atoms with Crippen LogP contribution in [0, 0.1) is 0 Å². The van der Waals surface area contributed by atoms with Gasteiger partial charge >= 0.3 is 0 Å². The number of ether oxygens (including phenoxy) is 2. The average Bonchev–Trinajstić information content (AvgIpc) is 2.38. The van der Waals surface area contributed by atoms with Crippen molar-refractivity contribution in [3.63, 3.8) is 0 Å². The van der Waals surface area contributed by atoms with Gasteiger partial charge in [0.05, 0.1) is 20.3 Å². The standard InChI is InChI=1S/C13H19NO3/c1-16-12-4-3-9(7-13(12)17-2)11-8-10(15)5-6-14-11/h3-4,7,10-11,14-15H,5-6,8H2,1-2H3/t10-,11+/m0/s1. The lowest BCUT2D eigenvalue weighted by Crippen LogP contribution is -2.34. The summed E-state index contributed by atoms with van der Waals surface area (Å²) in [6, 6.07) is 6.07. The number of aliphatic hydroxyl groups excluding tert-OH is 1. The van der Waals surface area contributed by atoms with Crippen molar-refractivity contribution in [2.24, 2.45) is 0 Å². The fraction of sp³-hybridized carbons (Fsp3) is 0.538. The highest BCUT2D eigenvalue weighted by Gasteiger charge is 2.21. The Kier molecular flexibility index (Phi) is 3.86. The van der Waals surface area contributed by atoms with Gasteiger partial charge in [0.1, 0.15) is 0 Å². The second-order valence-corrected chi connectivity index (χ2v) is 4.30. The Hall–Kier alpha value is -1.26. The first-order valence-electron chi connectivity index (χ1n) is 5.88. The molecule has 2 rings (SSSR count). The van der Waals surface area contributed by atoms with E-state index in [9.17, 15) is 5.11 Å². The number of hydrogen-bond donors (Lipinski definition) is 2. The van der Waals surface area contributed by atoms with Gasteiger partial charge in [0.25, 0.3) is 0 Å². The summed E-state index contributed by atoms with van der Waals surface area (Å²) < 4.78 is 10.5. The minimum Gasteiger partial charge on any atom is -0.493 e. The lowest BCUT2D eigenvalue weighted by atomic mass is 9.95. The van der Waals surface area contributed by atoms with Gasteiger partial charge in [-0.1, -0.05) is 6.07 Å². The monoisotopic (exact) mass is 237 g/mol. The Morgan fingerprint density at radius 2 is 2.00 bits per heavy atom. The SMILES string of the molecule is COc1ccc([C@H]2C[C@@H](O)CCN2)cc1OC. The molecule has 0 unspecified atom stereocenters. The van der Waals surface area contributed by atoms with Crippen LogP contribution in [0.1, 0.15) is 24.4 Å². The van der Waals surface area contributed by atoms with Gasteiger partial charge in [-0.3, -0.25) is 0 Å². The number of benzene rings is 1. The number of nitrogens with one attached hydrogen (secondary N) is 1. The highest BCUT2D eigenvalue weighted by Crippen LogP contribution is 2.32. The molecule has 17 heavy (non-hydrogen) atoms. The van der Waals surface area contributed by atoms with Crippen molar-refractivity contribution in [1.82, 2.24) is 5.32 Å². The Morgan fingerprint density at radius 3 is 2.65 bits per heavy atom. The van der Waals surface area contributed by atoms with Crippen LogP contribution >= 0.6 is 0 Å². The smallest absolute Gasteiger partial charge is 0.161 e. The van der Waals surface area contributed by atoms with Crippen molar-refractivity contribution >= 4 is 0 Å². The van der Waals surface area contributed by atoms with Crippen LogP contribution in [0.3, 0.4) is 0 Å². The van der Waals surface area contributed by atoms with Crippen molar-refractivity contribution in [1.29, 1.82) is 0 Å². The molecule has 0 spiro atoms. The maximum Gasteiger partial charge on any atom is 0.161 e. The van der Waals surface area contributed by atoms with Gasteiger partial charge < -0.3 is 19.9 Å². The Labute approximate surface area is 102 Å². The largest absolute Gasteiger partial charge is 0.493 e. The molecule has 0 radical (unpaired) electrons. The number of aliphatic hydroxyl groups is 1. The van der Waals surface area contributed by atoms with Gasteiger partial charge in [0, 0.05) is 6.04 Å². The van der Waals surface area contributed by atoms with Crippen LogP contribution in [0.2, 0.25) is 0 Å². The summed E-state index contributed by atoms with van der Waals surface area (Å²) in [7, 11) is 3.25. The van der Waals surface area contributed by atoms with E-state index in [1.165, 1.54) is 0 Å². The molecule has 0 saturated carbocycles. The molecule has 0 amide bonds. The van der Waals surface area contributed by atoms with Crippen molar-refractivity contribution < 1.29 is 14.6 Å². The summed E-state index contributed by atoms with van der Waals surface area (Å²) in [5.74, 6) is 1.46. The van der Waals surface area contributed by atoms with E-state index >= 15 is 0 Å². The lowest BCUT2D eigenvalue weighted by molar-refractivity contribution is 0.116. The Balaban J connectivity index is 2.20. The molecule has 1 aromatic carbocycles. The average molecular weight is 237 g/mol. The van der Waals surface area contributed by atoms with Crippen molar-refractivity contribution in [2.75, 3.05) is 20.8 Å². The predicted molar refractivity (Wildman–Crippen MR) is 65.5 cm³/mol. The third-order valence-corrected chi connectivity index (χ3v) is 3.19. The summed E-state index contributed by atoms with van der Waals surface area (Å²) in [5, 5.41) is 13.1. The molecule has 94 valence electrons. The Bertz CT molecular complexity index is 381. The zero-order chi connectivity index (χ0) is 12.3. The first kappa shape index (κ1) is 12.2. The van der Waals surface area contributed by atoms with E-state index in [4.69, 9.17) is 9.47 Å². The molecule has 2 atom stereocenters. The molecule has 1 heterocycles. The van der Waals surface area contributed by atoms with Gasteiger partial charge in [-0.25, -0.2) is 0 Å². The molecule has 4 heteroatoms. The molecule has 1 aliphatic rings. The van der Waals surface area contributed by atoms with Crippen LogP contribution in [0.15, 0.2) is 18.2 Å². The van der Waals surface area contributed by atoms with Crippen molar-refractivity contribution in [3.05, 3.63) is 23.8 Å². The van der Waals surface area contributed by atoms with Crippen molar-refractivity contribution in [2.45, 2.75) is 25.0 Å². The summed E-state index contributed by atoms with van der Waals surface area (Å²) in [6.07, 6.45) is 1.36. The first-order chi connectivity index (χ1) is 8.24. The quantitative estimate of drug-likeness (QED) is 0.836. The van der Waals surface area contributed by atoms with Gasteiger partial charge in [-0.05, 0) is 37.1 Å². The van der Waals surface area contributed by atoms with Gasteiger partial charge in [0.2, 0.25) is 0 Å². The summed E-state index contributed by atoms with van der Waals surface area (Å²) in [5.41, 5.74) is 1.13. The van der Waals surface area contributed by atoms with E-state index in [1.807, 2.05) is 18.2 Å². The van der Waals surface area contributed by atoms with Crippen LogP contribution in [-0.4, -0.2) is 32.0 Å². The summed E-state index contributed by atoms with van der Waals surface area (Å²) in [6.45, 7) is 0.847. The molecule has 0 aromatic heterocycles. The van der Waals surface area contributed by atoms with E-state index in [0.29, 0.717) is 0 Å². The minimum absolute atomic E-state index is 0.193. The zero-order valence-corrected chi connectivity index (χ0v) is 10.3. The molecule has 1 aromatic rings. The van der Waals surface area contributed by atoms with E-state index in [0.717, 1.165) is 36.4 Å². The predicted octanol–water partition coefficient (Wildman–Crippen LogP) is 1.49. The van der Waals surface area contributed by atoms with Crippen LogP contribution in [0.25, 0.3) is 0 Å². The highest BCUT2D eigenvalue weighted by atomic mass is 16.5. The molecular weight excluding hydrogens is 218 g/mol. The van der Waals surface area contributed by atoms with Crippen LogP contribution in [0.5, 0.6) is 11.5 Å². The maximum absolute atomic E-state index is 9.67. The molecule has 0 aliphatic carbocycles. The topological polar surface area (TPSA) is 50.7 Å². The van der Waals surface area contributed by atoms with E-state index in [2.05, 4.69) is 5.32 Å². The highest BCUT2D eigenvalue weighted by molar-refractivity contribution is 5.43. The van der Waals surface area contributed by atoms with Gasteiger partial charge in [0.15, 0.2) is 11.5 Å². The first-order valence-corrected chi connectivity index (χ1v) is 5.88. The van der Waals surface area contributed by atoms with Crippen LogP contribution < -0.4 is 14.8 Å². The third-order valence-electron chi connectivity index (χ3n) is 3.19. The summed E-state index contributed by atoms with van der Waals surface area (Å²) >= 11 is 0. The molecule has 1 fully saturated rings. The summed E-state index contributed by atoms with van der Waals surface area (Å²) in [4.78, 5) is 0. The normalized spacial score (nSPS) is 24.4. The minimum atomic E-state index is -0.214. The Morgan fingerprint density at radius 1 is 1.24 bits per heavy atom. The number of hydrogen-bond acceptors (Lipinski definition) is 4. The number of methoxy groups -OCH3 is 2.